The zero-order chi connectivity index (χ0) is 31.9. The molecule has 0 saturated carbocycles. The molecule has 0 fully saturated rings. The fraction of sp³-hybridized carbons (Fsp3) is 0.195. The normalized spacial score (nSPS) is 11.3. The molecule has 0 spiro atoms. The first-order valence-electron chi connectivity index (χ1n) is 16.4. The fourth-order valence-electron chi connectivity index (χ4n) is 5.90. The van der Waals surface area contributed by atoms with E-state index in [2.05, 4.69) is 132 Å². The van der Waals surface area contributed by atoms with Gasteiger partial charge < -0.3 is 9.30 Å². The summed E-state index contributed by atoms with van der Waals surface area (Å²) in [6.07, 6.45) is 10.8. The molecule has 0 unspecified atom stereocenters. The molecule has 0 atom stereocenters. The van der Waals surface area contributed by atoms with E-state index < -0.39 is 9.52 Å². The maximum absolute atomic E-state index is 6.12. The van der Waals surface area contributed by atoms with Crippen molar-refractivity contribution in [3.05, 3.63) is 187 Å². The van der Waals surface area contributed by atoms with Crippen LogP contribution in [-0.2, 0) is 5.16 Å². The summed E-state index contributed by atoms with van der Waals surface area (Å²) in [7, 11) is 5.27. The molecule has 5 aromatic carbocycles. The summed E-state index contributed by atoms with van der Waals surface area (Å²) in [5, 5.41) is 1.14. The Morgan fingerprint density at radius 1 is 0.674 bits per heavy atom. The highest BCUT2D eigenvalue weighted by atomic mass is 28.2. The van der Waals surface area contributed by atoms with Gasteiger partial charge in [0.1, 0.15) is 5.75 Å². The fourth-order valence-corrected chi connectivity index (χ4v) is 8.22. The Morgan fingerprint density at radius 3 is 1.67 bits per heavy atom. The standard InChI is InChI=1S/C28H32N2OSi.C13H11B/c1-2-3-4-11-22-31-26-16-18-27(19-17-26)32-28(30-21-20-29-23-30,24-12-7-5-8-13-24)25-14-9-6-10-15-25;14-13(11-7-3-1-4-8-11)12-9-5-2-6-10-12/h5-10,12-21,23H,2-4,11,22,32H2,1H3;1-10,13H. The molecule has 0 N–H and O–H groups in total. The van der Waals surface area contributed by atoms with E-state index in [-0.39, 0.29) is 11.0 Å². The second-order valence-electron chi connectivity index (χ2n) is 11.6. The second kappa shape index (κ2) is 17.2. The lowest BCUT2D eigenvalue weighted by Crippen LogP contribution is -2.46. The molecular formula is C41H43BN2OSi. The first kappa shape index (κ1) is 32.8. The van der Waals surface area contributed by atoms with Crippen LogP contribution in [0.3, 0.4) is 0 Å². The van der Waals surface area contributed by atoms with Crippen LogP contribution in [0.1, 0.15) is 60.7 Å². The second-order valence-corrected chi connectivity index (χ2v) is 13.8. The number of unbranched alkanes of at least 4 members (excludes halogenated alkanes) is 3. The third-order valence-corrected chi connectivity index (χ3v) is 11.0. The molecule has 3 nitrogen and oxygen atoms in total. The summed E-state index contributed by atoms with van der Waals surface area (Å²) < 4.78 is 8.27. The number of imidazole rings is 1. The maximum atomic E-state index is 6.12. The molecule has 230 valence electrons. The first-order chi connectivity index (χ1) is 22.7. The Kier molecular flexibility index (Phi) is 12.2. The van der Waals surface area contributed by atoms with Crippen molar-refractivity contribution in [2.75, 3.05) is 6.61 Å². The van der Waals surface area contributed by atoms with Gasteiger partial charge in [-0.05, 0) is 46.6 Å². The zero-order valence-corrected chi connectivity index (χ0v) is 28.2. The van der Waals surface area contributed by atoms with Gasteiger partial charge in [-0.25, -0.2) is 4.98 Å². The monoisotopic (exact) mass is 618 g/mol. The number of benzene rings is 5. The molecule has 5 heteroatoms. The minimum absolute atomic E-state index is 0.0163. The number of hydrogen-bond acceptors (Lipinski definition) is 2. The van der Waals surface area contributed by atoms with E-state index in [1.807, 2.05) is 48.9 Å². The van der Waals surface area contributed by atoms with Crippen molar-refractivity contribution >= 4 is 22.6 Å². The largest absolute Gasteiger partial charge is 0.494 e. The quantitative estimate of drug-likeness (QED) is 0.0968. The zero-order valence-electron chi connectivity index (χ0n) is 26.8. The number of rotatable bonds is 13. The highest BCUT2D eigenvalue weighted by Gasteiger charge is 2.36. The summed E-state index contributed by atoms with van der Waals surface area (Å²) >= 11 is 0. The highest BCUT2D eigenvalue weighted by Crippen LogP contribution is 2.33. The lowest BCUT2D eigenvalue weighted by Gasteiger charge is -2.37. The molecule has 46 heavy (non-hydrogen) atoms. The van der Waals surface area contributed by atoms with E-state index in [1.165, 1.54) is 35.6 Å². The summed E-state index contributed by atoms with van der Waals surface area (Å²) in [6, 6.07) is 50.7. The van der Waals surface area contributed by atoms with Gasteiger partial charge in [-0.3, -0.25) is 0 Å². The minimum Gasteiger partial charge on any atom is -0.494 e. The molecule has 1 aromatic heterocycles. The highest BCUT2D eigenvalue weighted by molar-refractivity contribution is 6.57. The van der Waals surface area contributed by atoms with Gasteiger partial charge >= 0.3 is 0 Å². The van der Waals surface area contributed by atoms with Gasteiger partial charge in [0, 0.05) is 12.4 Å². The van der Waals surface area contributed by atoms with Crippen molar-refractivity contribution in [3.63, 3.8) is 0 Å². The van der Waals surface area contributed by atoms with E-state index >= 15 is 0 Å². The van der Waals surface area contributed by atoms with Crippen LogP contribution in [0.25, 0.3) is 0 Å². The Balaban J connectivity index is 0.000000247. The van der Waals surface area contributed by atoms with Crippen molar-refractivity contribution in [3.8, 4) is 5.75 Å². The molecule has 0 aliphatic carbocycles. The van der Waals surface area contributed by atoms with Crippen molar-refractivity contribution < 1.29 is 4.74 Å². The van der Waals surface area contributed by atoms with Crippen LogP contribution < -0.4 is 9.92 Å². The van der Waals surface area contributed by atoms with Crippen molar-refractivity contribution in [1.29, 1.82) is 0 Å². The predicted molar refractivity (Wildman–Crippen MR) is 196 cm³/mol. The Labute approximate surface area is 278 Å². The van der Waals surface area contributed by atoms with Crippen LogP contribution in [0, 0.1) is 0 Å². The molecule has 2 radical (unpaired) electrons. The topological polar surface area (TPSA) is 27.1 Å². The average molecular weight is 619 g/mol. The number of aromatic nitrogens is 2. The molecule has 0 aliphatic rings. The van der Waals surface area contributed by atoms with E-state index in [0.29, 0.717) is 0 Å². The molecule has 6 rings (SSSR count). The summed E-state index contributed by atoms with van der Waals surface area (Å²) in [4.78, 5) is 4.41. The van der Waals surface area contributed by atoms with E-state index in [0.717, 1.165) is 29.9 Å². The number of ether oxygens (including phenoxy) is 1. The van der Waals surface area contributed by atoms with Crippen molar-refractivity contribution in [1.82, 2.24) is 9.55 Å². The third-order valence-electron chi connectivity index (χ3n) is 8.42. The molecular weight excluding hydrogens is 575 g/mol. The van der Waals surface area contributed by atoms with E-state index in [9.17, 15) is 0 Å². The first-order valence-corrected chi connectivity index (χ1v) is 17.8. The Morgan fingerprint density at radius 2 is 1.20 bits per heavy atom. The van der Waals surface area contributed by atoms with Crippen LogP contribution in [0.5, 0.6) is 5.75 Å². The average Bonchev–Trinajstić information content (AvgIpc) is 3.68. The molecule has 0 amide bonds. The minimum atomic E-state index is -0.849. The van der Waals surface area contributed by atoms with Crippen LogP contribution >= 0.6 is 0 Å². The molecule has 0 bridgehead atoms. The smallest absolute Gasteiger partial charge is 0.119 e. The SMILES string of the molecule is CCCCCCOc1ccc([SiH2]C(c2ccccc2)(c2ccccc2)n2ccnc2)cc1.[B]C(c1ccccc1)c1ccccc1. The Hall–Kier alpha value is -4.61. The van der Waals surface area contributed by atoms with E-state index in [1.54, 1.807) is 0 Å². The molecule has 0 aliphatic heterocycles. The third kappa shape index (κ3) is 8.55. The molecule has 1 heterocycles. The molecule has 6 aromatic rings. The summed E-state index contributed by atoms with van der Waals surface area (Å²) in [5.41, 5.74) is 4.90. The number of hydrogen-bond donors (Lipinski definition) is 0. The van der Waals surface area contributed by atoms with Crippen molar-refractivity contribution in [2.24, 2.45) is 0 Å². The van der Waals surface area contributed by atoms with Gasteiger partial charge in [-0.2, -0.15) is 0 Å². The van der Waals surface area contributed by atoms with Gasteiger partial charge in [0.15, 0.2) is 0 Å². The van der Waals surface area contributed by atoms with Crippen LogP contribution in [0.15, 0.2) is 164 Å². The van der Waals surface area contributed by atoms with Crippen LogP contribution in [0.4, 0.5) is 0 Å². The van der Waals surface area contributed by atoms with Crippen LogP contribution in [-0.4, -0.2) is 33.5 Å². The summed E-state index contributed by atoms with van der Waals surface area (Å²) in [6.45, 7) is 3.03. The Bertz CT molecular complexity index is 1580. The van der Waals surface area contributed by atoms with Gasteiger partial charge in [0.2, 0.25) is 0 Å². The lowest BCUT2D eigenvalue weighted by molar-refractivity contribution is 0.305. The van der Waals surface area contributed by atoms with Gasteiger partial charge in [-0.15, -0.1) is 0 Å². The van der Waals surface area contributed by atoms with Gasteiger partial charge in [0.25, 0.3) is 0 Å². The molecule has 0 saturated heterocycles. The van der Waals surface area contributed by atoms with Gasteiger partial charge in [-0.1, -0.05) is 165 Å². The van der Waals surface area contributed by atoms with Gasteiger partial charge in [0.05, 0.1) is 35.5 Å². The maximum Gasteiger partial charge on any atom is 0.119 e. The number of nitrogens with zero attached hydrogens (tertiary/aromatic N) is 2. The van der Waals surface area contributed by atoms with Crippen molar-refractivity contribution in [2.45, 2.75) is 43.6 Å². The predicted octanol–water partition coefficient (Wildman–Crippen LogP) is 8.03. The van der Waals surface area contributed by atoms with Crippen LogP contribution in [0.2, 0.25) is 0 Å². The van der Waals surface area contributed by atoms with E-state index in [4.69, 9.17) is 12.6 Å². The lowest BCUT2D eigenvalue weighted by atomic mass is 9.76. The summed E-state index contributed by atoms with van der Waals surface area (Å²) in [5.74, 6) is 0.948.